The zero-order chi connectivity index (χ0) is 13.3. The Bertz CT molecular complexity index is 573. The quantitative estimate of drug-likeness (QED) is 0.691. The van der Waals surface area contributed by atoms with E-state index in [2.05, 4.69) is 10.2 Å². The number of hydrogen-bond donors (Lipinski definition) is 1. The molecule has 0 aliphatic heterocycles. The summed E-state index contributed by atoms with van der Waals surface area (Å²) < 4.78 is 51.3. The number of thiophene rings is 1. The van der Waals surface area contributed by atoms with Crippen molar-refractivity contribution in [1.29, 1.82) is 0 Å². The number of rotatable bonds is 4. The summed E-state index contributed by atoms with van der Waals surface area (Å²) in [7, 11) is 0. The maximum Gasteiger partial charge on any atom is 0.325 e. The van der Waals surface area contributed by atoms with Crippen molar-refractivity contribution in [1.82, 2.24) is 14.8 Å². The van der Waals surface area contributed by atoms with Crippen molar-refractivity contribution in [3.63, 3.8) is 0 Å². The highest BCUT2D eigenvalue weighted by Crippen LogP contribution is 2.29. The Labute approximate surface area is 108 Å². The van der Waals surface area contributed by atoms with Gasteiger partial charge in [0.05, 0.1) is 11.4 Å². The normalized spacial score (nSPS) is 12.3. The monoisotopic (exact) mass is 297 g/mol. The summed E-state index contributed by atoms with van der Waals surface area (Å²) in [5.74, 6) is -4.01. The molecule has 98 valence electrons. The summed E-state index contributed by atoms with van der Waals surface area (Å²) in [6, 6.07) is 3.35. The molecule has 0 amide bonds. The van der Waals surface area contributed by atoms with Crippen LogP contribution in [-0.2, 0) is 6.54 Å². The molecule has 0 radical (unpaired) electrons. The van der Waals surface area contributed by atoms with Crippen LogP contribution in [0.3, 0.4) is 0 Å². The second-order valence-electron chi connectivity index (χ2n) is 3.48. The molecule has 3 nitrogen and oxygen atoms in total. The van der Waals surface area contributed by atoms with Gasteiger partial charge in [-0.3, -0.25) is 9.67 Å². The molecule has 0 saturated heterocycles. The van der Waals surface area contributed by atoms with E-state index in [1.807, 2.05) is 0 Å². The molecule has 0 aliphatic carbocycles. The van der Waals surface area contributed by atoms with Gasteiger partial charge in [0.25, 0.3) is 0 Å². The van der Waals surface area contributed by atoms with Crippen LogP contribution in [0.1, 0.15) is 0 Å². The van der Waals surface area contributed by atoms with E-state index in [0.717, 1.165) is 4.57 Å². The predicted molar refractivity (Wildman–Crippen MR) is 61.7 cm³/mol. The van der Waals surface area contributed by atoms with Gasteiger partial charge < -0.3 is 0 Å². The van der Waals surface area contributed by atoms with Gasteiger partial charge >= 0.3 is 12.3 Å². The molecule has 2 heterocycles. The lowest BCUT2D eigenvalue weighted by molar-refractivity contribution is -0.137. The average Bonchev–Trinajstić information content (AvgIpc) is 2.89. The van der Waals surface area contributed by atoms with Crippen LogP contribution in [0.15, 0.2) is 17.5 Å². The zero-order valence-electron chi connectivity index (χ0n) is 8.74. The first-order valence-electron chi connectivity index (χ1n) is 4.77. The van der Waals surface area contributed by atoms with Crippen molar-refractivity contribution in [2.75, 3.05) is 0 Å². The van der Waals surface area contributed by atoms with E-state index in [-0.39, 0.29) is 10.6 Å². The second kappa shape index (κ2) is 4.81. The third-order valence-electron chi connectivity index (χ3n) is 2.19. The van der Waals surface area contributed by atoms with Crippen molar-refractivity contribution in [2.45, 2.75) is 18.9 Å². The Morgan fingerprint density at radius 3 is 2.78 bits per heavy atom. The smallest absolute Gasteiger partial charge is 0.293 e. The molecular formula is C9H7F4N3S2. The number of aromatic nitrogens is 3. The lowest BCUT2D eigenvalue weighted by Gasteiger charge is -2.16. The highest BCUT2D eigenvalue weighted by Gasteiger charge is 2.42. The lowest BCUT2D eigenvalue weighted by Crippen LogP contribution is -2.32. The number of alkyl halides is 4. The fourth-order valence-electron chi connectivity index (χ4n) is 1.34. The Balaban J connectivity index is 2.40. The van der Waals surface area contributed by atoms with Crippen molar-refractivity contribution in [3.8, 4) is 10.7 Å². The van der Waals surface area contributed by atoms with Gasteiger partial charge in [0.2, 0.25) is 0 Å². The van der Waals surface area contributed by atoms with E-state index >= 15 is 0 Å². The van der Waals surface area contributed by atoms with Gasteiger partial charge in [-0.1, -0.05) is 6.07 Å². The molecule has 2 aromatic heterocycles. The van der Waals surface area contributed by atoms with E-state index in [1.54, 1.807) is 17.5 Å². The third-order valence-corrected chi connectivity index (χ3v) is 3.37. The Hall–Kier alpha value is -1.22. The summed E-state index contributed by atoms with van der Waals surface area (Å²) in [5.41, 5.74) is 0. The molecule has 9 heteroatoms. The van der Waals surface area contributed by atoms with Crippen LogP contribution in [-0.4, -0.2) is 27.1 Å². The fraction of sp³-hybridized carbons (Fsp3) is 0.333. The SMILES string of the molecule is FC(F)C(F)(F)Cn1c(-c2cccs2)n[nH]c1=S. The highest BCUT2D eigenvalue weighted by atomic mass is 32.1. The minimum absolute atomic E-state index is 0.112. The van der Waals surface area contributed by atoms with E-state index < -0.39 is 18.9 Å². The molecule has 0 unspecified atom stereocenters. The number of nitrogens with zero attached hydrogens (tertiary/aromatic N) is 2. The first kappa shape index (κ1) is 13.2. The molecule has 0 fully saturated rings. The van der Waals surface area contributed by atoms with Gasteiger partial charge in [0.15, 0.2) is 10.6 Å². The van der Waals surface area contributed by atoms with Crippen LogP contribution in [0.2, 0.25) is 0 Å². The molecule has 0 saturated carbocycles. The van der Waals surface area contributed by atoms with Crippen LogP contribution in [0.4, 0.5) is 17.6 Å². The van der Waals surface area contributed by atoms with Crippen LogP contribution >= 0.6 is 23.6 Å². The summed E-state index contributed by atoms with van der Waals surface area (Å²) in [6.45, 7) is -1.20. The maximum absolute atomic E-state index is 13.1. The summed E-state index contributed by atoms with van der Waals surface area (Å²) in [5, 5.41) is 7.84. The van der Waals surface area contributed by atoms with Crippen LogP contribution in [0.25, 0.3) is 10.7 Å². The average molecular weight is 297 g/mol. The minimum Gasteiger partial charge on any atom is -0.293 e. The first-order chi connectivity index (χ1) is 8.42. The molecule has 0 atom stereocenters. The molecule has 0 spiro atoms. The fourth-order valence-corrected chi connectivity index (χ4v) is 2.26. The van der Waals surface area contributed by atoms with Crippen LogP contribution in [0.5, 0.6) is 0 Å². The van der Waals surface area contributed by atoms with E-state index in [0.29, 0.717) is 4.88 Å². The molecule has 18 heavy (non-hydrogen) atoms. The Morgan fingerprint density at radius 1 is 1.50 bits per heavy atom. The Morgan fingerprint density at radius 2 is 2.22 bits per heavy atom. The molecule has 2 rings (SSSR count). The summed E-state index contributed by atoms with van der Waals surface area (Å²) in [4.78, 5) is 0.576. The zero-order valence-corrected chi connectivity index (χ0v) is 10.4. The number of halogens is 4. The van der Waals surface area contributed by atoms with Crippen molar-refractivity contribution >= 4 is 23.6 Å². The van der Waals surface area contributed by atoms with Gasteiger partial charge in [-0.05, 0) is 23.7 Å². The summed E-state index contributed by atoms with van der Waals surface area (Å²) in [6.07, 6.45) is -3.74. The third kappa shape index (κ3) is 2.46. The molecule has 1 N–H and O–H groups in total. The molecule has 0 aliphatic rings. The van der Waals surface area contributed by atoms with E-state index in [9.17, 15) is 17.6 Å². The van der Waals surface area contributed by atoms with Gasteiger partial charge in [-0.2, -0.15) is 13.9 Å². The lowest BCUT2D eigenvalue weighted by atomic mass is 10.3. The van der Waals surface area contributed by atoms with Crippen molar-refractivity contribution in [2.24, 2.45) is 0 Å². The Kier molecular flexibility index (Phi) is 3.53. The standard InChI is InChI=1S/C9H7F4N3S2/c10-7(11)9(12,13)4-16-6(14-15-8(16)17)5-2-1-3-18-5/h1-3,7H,4H2,(H,15,17). The number of hydrogen-bond acceptors (Lipinski definition) is 3. The van der Waals surface area contributed by atoms with Gasteiger partial charge in [0, 0.05) is 0 Å². The van der Waals surface area contributed by atoms with Gasteiger partial charge in [0.1, 0.15) is 0 Å². The largest absolute Gasteiger partial charge is 0.325 e. The summed E-state index contributed by atoms with van der Waals surface area (Å²) >= 11 is 6.03. The minimum atomic E-state index is -4.14. The van der Waals surface area contributed by atoms with Crippen molar-refractivity contribution in [3.05, 3.63) is 22.3 Å². The first-order valence-corrected chi connectivity index (χ1v) is 6.05. The highest BCUT2D eigenvalue weighted by molar-refractivity contribution is 7.71. The topological polar surface area (TPSA) is 33.6 Å². The number of aromatic amines is 1. The molecule has 0 aromatic carbocycles. The maximum atomic E-state index is 13.1. The van der Waals surface area contributed by atoms with Crippen LogP contribution in [0, 0.1) is 4.77 Å². The van der Waals surface area contributed by atoms with Gasteiger partial charge in [-0.15, -0.1) is 11.3 Å². The van der Waals surface area contributed by atoms with E-state index in [4.69, 9.17) is 12.2 Å². The number of H-pyrrole nitrogens is 1. The second-order valence-corrected chi connectivity index (χ2v) is 4.81. The van der Waals surface area contributed by atoms with Crippen LogP contribution < -0.4 is 0 Å². The van der Waals surface area contributed by atoms with Crippen molar-refractivity contribution < 1.29 is 17.6 Å². The molecular weight excluding hydrogens is 290 g/mol. The predicted octanol–water partition coefficient (Wildman–Crippen LogP) is 3.57. The van der Waals surface area contributed by atoms with E-state index in [1.165, 1.54) is 11.3 Å². The molecule has 0 bridgehead atoms. The van der Waals surface area contributed by atoms with Gasteiger partial charge in [-0.25, -0.2) is 8.78 Å². The number of nitrogens with one attached hydrogen (secondary N) is 1. The molecule has 2 aromatic rings.